The summed E-state index contributed by atoms with van der Waals surface area (Å²) in [7, 11) is 0. The van der Waals surface area contributed by atoms with E-state index in [1.807, 2.05) is 6.07 Å². The smallest absolute Gasteiger partial charge is 0.254 e. The second-order valence-electron chi connectivity index (χ2n) is 5.90. The fourth-order valence-electron chi connectivity index (χ4n) is 3.07. The number of hydrogen-bond donors (Lipinski definition) is 2. The van der Waals surface area contributed by atoms with Crippen LogP contribution in [0.5, 0.6) is 0 Å². The third kappa shape index (κ3) is 3.24. The Kier molecular flexibility index (Phi) is 4.67. The van der Waals surface area contributed by atoms with Gasteiger partial charge in [-0.2, -0.15) is 0 Å². The van der Waals surface area contributed by atoms with E-state index in [9.17, 15) is 4.79 Å². The van der Waals surface area contributed by atoms with Crippen LogP contribution >= 0.6 is 0 Å². The number of aliphatic hydroxyl groups excluding tert-OH is 1. The van der Waals surface area contributed by atoms with Crippen molar-refractivity contribution >= 4 is 11.6 Å². The highest BCUT2D eigenvalue weighted by atomic mass is 16.3. The van der Waals surface area contributed by atoms with Gasteiger partial charge >= 0.3 is 0 Å². The molecule has 1 aromatic carbocycles. The predicted molar refractivity (Wildman–Crippen MR) is 88.5 cm³/mol. The maximum absolute atomic E-state index is 12.2. The molecule has 1 aliphatic heterocycles. The van der Waals surface area contributed by atoms with Crippen LogP contribution in [-0.2, 0) is 13.0 Å². The largest absolute Gasteiger partial charge is 0.467 e. The number of aliphatic hydroxyl groups is 1. The van der Waals surface area contributed by atoms with Gasteiger partial charge < -0.3 is 19.7 Å². The third-order valence-corrected chi connectivity index (χ3v) is 4.27. The standard InChI is InChI=1S/C18H22N2O3/c1-13-11-14-5-2-3-6-16(14)20(13)12-17-15(7-10-23-17)18(22)19-8-4-9-21/h2-3,5-7,10,13,21H,4,8-9,11-12H2,1H3,(H,19,22). The predicted octanol–water partition coefficient (Wildman–Crippen LogP) is 2.34. The topological polar surface area (TPSA) is 65.7 Å². The number of carbonyl (C=O) groups excluding carboxylic acids is 1. The van der Waals surface area contributed by atoms with Crippen molar-refractivity contribution < 1.29 is 14.3 Å². The molecule has 0 radical (unpaired) electrons. The van der Waals surface area contributed by atoms with E-state index in [-0.39, 0.29) is 12.5 Å². The Labute approximate surface area is 135 Å². The maximum Gasteiger partial charge on any atom is 0.254 e. The van der Waals surface area contributed by atoms with Gasteiger partial charge in [-0.15, -0.1) is 0 Å². The van der Waals surface area contributed by atoms with Crippen LogP contribution in [-0.4, -0.2) is 30.2 Å². The monoisotopic (exact) mass is 314 g/mol. The summed E-state index contributed by atoms with van der Waals surface area (Å²) in [5, 5.41) is 11.6. The van der Waals surface area contributed by atoms with Crippen LogP contribution in [0.4, 0.5) is 5.69 Å². The molecule has 1 aromatic heterocycles. The molecule has 0 aliphatic carbocycles. The van der Waals surface area contributed by atoms with Gasteiger partial charge in [0.25, 0.3) is 5.91 Å². The number of rotatable bonds is 6. The lowest BCUT2D eigenvalue weighted by molar-refractivity contribution is 0.0949. The minimum Gasteiger partial charge on any atom is -0.467 e. The molecule has 1 unspecified atom stereocenters. The Hall–Kier alpha value is -2.27. The average molecular weight is 314 g/mol. The van der Waals surface area contributed by atoms with Crippen LogP contribution in [0.3, 0.4) is 0 Å². The molecule has 0 spiro atoms. The summed E-state index contributed by atoms with van der Waals surface area (Å²) < 4.78 is 5.57. The van der Waals surface area contributed by atoms with E-state index in [1.165, 1.54) is 11.3 Å². The van der Waals surface area contributed by atoms with E-state index in [0.29, 0.717) is 36.9 Å². The number of nitrogens with zero attached hydrogens (tertiary/aromatic N) is 1. The molecule has 0 saturated heterocycles. The van der Waals surface area contributed by atoms with Crippen molar-refractivity contribution in [3.05, 3.63) is 53.5 Å². The minimum absolute atomic E-state index is 0.0700. The normalized spacial score (nSPS) is 16.4. The Bertz CT molecular complexity index is 680. The van der Waals surface area contributed by atoms with Crippen LogP contribution in [0.25, 0.3) is 0 Å². The van der Waals surface area contributed by atoms with E-state index in [2.05, 4.69) is 35.3 Å². The fraction of sp³-hybridized carbons (Fsp3) is 0.389. The summed E-state index contributed by atoms with van der Waals surface area (Å²) in [5.41, 5.74) is 3.11. The zero-order chi connectivity index (χ0) is 16.2. The van der Waals surface area contributed by atoms with Gasteiger partial charge in [0.15, 0.2) is 0 Å². The molecular formula is C18H22N2O3. The van der Waals surface area contributed by atoms with Gasteiger partial charge in [0, 0.05) is 24.9 Å². The average Bonchev–Trinajstić information content (AvgIpc) is 3.13. The summed E-state index contributed by atoms with van der Waals surface area (Å²) in [6.07, 6.45) is 3.12. The molecule has 0 saturated carbocycles. The number of carbonyl (C=O) groups is 1. The van der Waals surface area contributed by atoms with Gasteiger partial charge in [-0.05, 0) is 37.5 Å². The molecule has 0 bridgehead atoms. The lowest BCUT2D eigenvalue weighted by Gasteiger charge is -2.24. The molecule has 3 rings (SSSR count). The first kappa shape index (κ1) is 15.6. The molecule has 1 atom stereocenters. The van der Waals surface area contributed by atoms with Gasteiger partial charge in [-0.1, -0.05) is 18.2 Å². The lowest BCUT2D eigenvalue weighted by atomic mass is 10.1. The van der Waals surface area contributed by atoms with Gasteiger partial charge in [0.2, 0.25) is 0 Å². The number of fused-ring (bicyclic) bond motifs is 1. The third-order valence-electron chi connectivity index (χ3n) is 4.27. The molecule has 5 nitrogen and oxygen atoms in total. The molecule has 0 fully saturated rings. The maximum atomic E-state index is 12.2. The molecular weight excluding hydrogens is 292 g/mol. The SMILES string of the molecule is CC1Cc2ccccc2N1Cc1occc1C(=O)NCCCO. The van der Waals surface area contributed by atoms with Crippen molar-refractivity contribution in [2.45, 2.75) is 32.4 Å². The van der Waals surface area contributed by atoms with Gasteiger partial charge in [0.1, 0.15) is 5.76 Å². The highest BCUT2D eigenvalue weighted by Crippen LogP contribution is 2.33. The summed E-state index contributed by atoms with van der Waals surface area (Å²) in [6, 6.07) is 10.4. The van der Waals surface area contributed by atoms with Crippen LogP contribution in [0.1, 0.15) is 35.0 Å². The van der Waals surface area contributed by atoms with E-state index in [4.69, 9.17) is 9.52 Å². The van der Waals surface area contributed by atoms with Crippen LogP contribution in [0, 0.1) is 0 Å². The molecule has 1 aliphatic rings. The summed E-state index contributed by atoms with van der Waals surface area (Å²) in [5.74, 6) is 0.525. The van der Waals surface area contributed by atoms with E-state index >= 15 is 0 Å². The first-order chi connectivity index (χ1) is 11.2. The quantitative estimate of drug-likeness (QED) is 0.803. The molecule has 2 aromatic rings. The van der Waals surface area contributed by atoms with Crippen LogP contribution in [0.15, 0.2) is 41.0 Å². The van der Waals surface area contributed by atoms with E-state index in [1.54, 1.807) is 12.3 Å². The number of anilines is 1. The summed E-state index contributed by atoms with van der Waals surface area (Å²) in [6.45, 7) is 3.29. The number of para-hydroxylation sites is 1. The van der Waals surface area contributed by atoms with Crippen molar-refractivity contribution in [2.75, 3.05) is 18.1 Å². The number of amides is 1. The van der Waals surface area contributed by atoms with Crippen molar-refractivity contribution in [2.24, 2.45) is 0 Å². The Morgan fingerprint density at radius 2 is 2.22 bits per heavy atom. The van der Waals surface area contributed by atoms with Crippen molar-refractivity contribution in [1.82, 2.24) is 5.32 Å². The van der Waals surface area contributed by atoms with Gasteiger partial charge in [0.05, 0.1) is 18.4 Å². The Balaban J connectivity index is 1.74. The van der Waals surface area contributed by atoms with Crippen LogP contribution < -0.4 is 10.2 Å². The molecule has 1 amide bonds. The highest BCUT2D eigenvalue weighted by molar-refractivity contribution is 5.95. The zero-order valence-electron chi connectivity index (χ0n) is 13.3. The molecule has 5 heteroatoms. The number of hydrogen-bond acceptors (Lipinski definition) is 4. The lowest BCUT2D eigenvalue weighted by Crippen LogP contribution is -2.30. The zero-order valence-corrected chi connectivity index (χ0v) is 13.3. The highest BCUT2D eigenvalue weighted by Gasteiger charge is 2.27. The summed E-state index contributed by atoms with van der Waals surface area (Å²) >= 11 is 0. The molecule has 23 heavy (non-hydrogen) atoms. The minimum atomic E-state index is -0.151. The molecule has 2 heterocycles. The van der Waals surface area contributed by atoms with Crippen LogP contribution in [0.2, 0.25) is 0 Å². The molecule has 2 N–H and O–H groups in total. The van der Waals surface area contributed by atoms with E-state index < -0.39 is 0 Å². The first-order valence-electron chi connectivity index (χ1n) is 8.00. The number of benzene rings is 1. The fourth-order valence-corrected chi connectivity index (χ4v) is 3.07. The van der Waals surface area contributed by atoms with Crippen molar-refractivity contribution in [3.8, 4) is 0 Å². The first-order valence-corrected chi connectivity index (χ1v) is 8.00. The second kappa shape index (κ2) is 6.87. The Morgan fingerprint density at radius 3 is 3.04 bits per heavy atom. The second-order valence-corrected chi connectivity index (χ2v) is 5.90. The van der Waals surface area contributed by atoms with Gasteiger partial charge in [-0.25, -0.2) is 0 Å². The molecule has 122 valence electrons. The van der Waals surface area contributed by atoms with Crippen molar-refractivity contribution in [1.29, 1.82) is 0 Å². The van der Waals surface area contributed by atoms with Crippen molar-refractivity contribution in [3.63, 3.8) is 0 Å². The number of furan rings is 1. The van der Waals surface area contributed by atoms with E-state index in [0.717, 1.165) is 6.42 Å². The Morgan fingerprint density at radius 1 is 1.39 bits per heavy atom. The van der Waals surface area contributed by atoms with Gasteiger partial charge in [-0.3, -0.25) is 4.79 Å². The summed E-state index contributed by atoms with van der Waals surface area (Å²) in [4.78, 5) is 14.5. The number of nitrogens with one attached hydrogen (secondary N) is 1.